The molecule has 0 saturated heterocycles. The van der Waals surface area contributed by atoms with E-state index in [9.17, 15) is 4.21 Å². The first-order chi connectivity index (χ1) is 15.3. The molecule has 0 radical (unpaired) electrons. The van der Waals surface area contributed by atoms with Crippen molar-refractivity contribution in [1.82, 2.24) is 9.97 Å². The van der Waals surface area contributed by atoms with Gasteiger partial charge in [0.1, 0.15) is 10.6 Å². The first-order valence-corrected chi connectivity index (χ1v) is 12.1. The molecule has 0 aliphatic heterocycles. The van der Waals surface area contributed by atoms with Crippen LogP contribution in [0.15, 0.2) is 106 Å². The smallest absolute Gasteiger partial charge is 0.154 e. The second-order valence-corrected chi connectivity index (χ2v) is 9.06. The van der Waals surface area contributed by atoms with Crippen LogP contribution >= 0.6 is 11.8 Å². The molecule has 2 aromatic heterocycles. The van der Waals surface area contributed by atoms with Gasteiger partial charge in [0.2, 0.25) is 0 Å². The summed E-state index contributed by atoms with van der Waals surface area (Å²) in [4.78, 5) is 11.2. The Kier molecular flexibility index (Phi) is 5.40. The van der Waals surface area contributed by atoms with Gasteiger partial charge in [0, 0.05) is 28.1 Å². The number of rotatable bonds is 5. The number of benzene rings is 3. The molecule has 0 aliphatic carbocycles. The van der Waals surface area contributed by atoms with Crippen LogP contribution < -0.4 is 4.74 Å². The van der Waals surface area contributed by atoms with Gasteiger partial charge in [-0.1, -0.05) is 48.5 Å². The van der Waals surface area contributed by atoms with Gasteiger partial charge in [-0.2, -0.15) is 0 Å². The Balaban J connectivity index is 1.71. The van der Waals surface area contributed by atoms with E-state index in [0.717, 1.165) is 26.7 Å². The highest BCUT2D eigenvalue weighted by Gasteiger charge is 2.22. The number of ether oxygens (including phenoxy) is 1. The van der Waals surface area contributed by atoms with Gasteiger partial charge < -0.3 is 4.74 Å². The van der Waals surface area contributed by atoms with E-state index in [1.807, 2.05) is 85.1 Å². The predicted molar refractivity (Wildman–Crippen MR) is 126 cm³/mol. The second-order valence-electron chi connectivity index (χ2n) is 6.83. The predicted octanol–water partition coefficient (Wildman–Crippen LogP) is 6.46. The molecule has 5 aromatic rings. The monoisotopic (exact) mass is 442 g/mol. The topological polar surface area (TPSA) is 52.1 Å². The zero-order valence-electron chi connectivity index (χ0n) is 16.7. The highest BCUT2D eigenvalue weighted by atomic mass is 32.2. The zero-order valence-corrected chi connectivity index (χ0v) is 18.3. The fraction of sp³-hybridized carbons (Fsp3) is 0.0400. The van der Waals surface area contributed by atoms with Crippen molar-refractivity contribution in [2.75, 3.05) is 6.26 Å². The largest absolute Gasteiger partial charge is 0.455 e. The molecule has 0 saturated carbocycles. The van der Waals surface area contributed by atoms with Crippen LogP contribution in [0.4, 0.5) is 0 Å². The summed E-state index contributed by atoms with van der Waals surface area (Å²) in [6.07, 6.45) is 5.34. The molecule has 1 unspecified atom stereocenters. The fourth-order valence-corrected chi connectivity index (χ4v) is 5.76. The van der Waals surface area contributed by atoms with Crippen molar-refractivity contribution < 1.29 is 8.95 Å². The molecule has 0 bridgehead atoms. The molecule has 0 amide bonds. The van der Waals surface area contributed by atoms with Gasteiger partial charge >= 0.3 is 0 Å². The van der Waals surface area contributed by atoms with Gasteiger partial charge in [-0.3, -0.25) is 9.97 Å². The lowest BCUT2D eigenvalue weighted by atomic mass is 10.2. The molecule has 0 spiro atoms. The Morgan fingerprint density at radius 2 is 1.32 bits per heavy atom. The molecule has 6 heteroatoms. The summed E-state index contributed by atoms with van der Waals surface area (Å²) < 4.78 is 20.1. The maximum Gasteiger partial charge on any atom is 0.154 e. The first-order valence-electron chi connectivity index (χ1n) is 9.70. The van der Waals surface area contributed by atoms with Crippen molar-refractivity contribution in [2.24, 2.45) is 0 Å². The minimum absolute atomic E-state index is 0.523. The van der Waals surface area contributed by atoms with E-state index in [4.69, 9.17) is 4.74 Å². The van der Waals surface area contributed by atoms with E-state index in [0.29, 0.717) is 21.3 Å². The maximum atomic E-state index is 13.9. The third-order valence-electron chi connectivity index (χ3n) is 4.95. The highest BCUT2D eigenvalue weighted by molar-refractivity contribution is 7.99. The van der Waals surface area contributed by atoms with E-state index in [1.54, 1.807) is 24.2 Å². The Bertz CT molecular complexity index is 1420. The lowest BCUT2D eigenvalue weighted by Gasteiger charge is -2.15. The van der Waals surface area contributed by atoms with Gasteiger partial charge in [-0.05, 0) is 36.6 Å². The minimum Gasteiger partial charge on any atom is -0.455 e. The van der Waals surface area contributed by atoms with Crippen molar-refractivity contribution in [1.29, 1.82) is 0 Å². The molecular weight excluding hydrogens is 424 g/mol. The normalized spacial score (nSPS) is 12.2. The van der Waals surface area contributed by atoms with Crippen LogP contribution in [0.25, 0.3) is 21.8 Å². The van der Waals surface area contributed by atoms with Crippen LogP contribution in [-0.4, -0.2) is 20.4 Å². The van der Waals surface area contributed by atoms with E-state index >= 15 is 0 Å². The molecule has 3 aromatic carbocycles. The third-order valence-corrected chi connectivity index (χ3v) is 7.33. The summed E-state index contributed by atoms with van der Waals surface area (Å²) in [6, 6.07) is 25.1. The van der Waals surface area contributed by atoms with Crippen LogP contribution in [0.3, 0.4) is 0 Å². The van der Waals surface area contributed by atoms with Gasteiger partial charge in [0.15, 0.2) is 5.75 Å². The van der Waals surface area contributed by atoms with E-state index in [-0.39, 0.29) is 0 Å². The Hall–Kier alpha value is -3.22. The molecule has 152 valence electrons. The summed E-state index contributed by atoms with van der Waals surface area (Å²) in [5.41, 5.74) is 1.67. The molecule has 2 heterocycles. The zero-order chi connectivity index (χ0) is 21.2. The highest BCUT2D eigenvalue weighted by Crippen LogP contribution is 2.39. The maximum absolute atomic E-state index is 13.9. The average molecular weight is 443 g/mol. The van der Waals surface area contributed by atoms with Gasteiger partial charge in [0.05, 0.1) is 26.7 Å². The Morgan fingerprint density at radius 1 is 0.742 bits per heavy atom. The molecular formula is C25H18N2O2S2. The quantitative estimate of drug-likeness (QED) is 0.292. The number of aromatic nitrogens is 2. The van der Waals surface area contributed by atoms with Crippen LogP contribution in [0, 0.1) is 0 Å². The van der Waals surface area contributed by atoms with Crippen molar-refractivity contribution in [3.05, 3.63) is 91.3 Å². The van der Waals surface area contributed by atoms with Crippen LogP contribution in [0.5, 0.6) is 11.5 Å². The molecule has 0 N–H and O–H groups in total. The lowest BCUT2D eigenvalue weighted by molar-refractivity contribution is 0.475. The number of nitrogens with zero attached hydrogens (tertiary/aromatic N) is 2. The number of thioether (sulfide) groups is 1. The fourth-order valence-electron chi connectivity index (χ4n) is 3.50. The first kappa shape index (κ1) is 19.7. The van der Waals surface area contributed by atoms with E-state index < -0.39 is 10.8 Å². The minimum atomic E-state index is -1.53. The number of pyridine rings is 2. The number of fused-ring (bicyclic) bond motifs is 2. The summed E-state index contributed by atoms with van der Waals surface area (Å²) in [7, 11) is -1.53. The third kappa shape index (κ3) is 3.69. The molecule has 4 nitrogen and oxygen atoms in total. The summed E-state index contributed by atoms with van der Waals surface area (Å²) in [6.45, 7) is 0. The van der Waals surface area contributed by atoms with Crippen molar-refractivity contribution in [3.63, 3.8) is 0 Å². The molecule has 1 atom stereocenters. The SMILES string of the molecule is CSc1c(S(=O)c2cnc3ccccc3c2Oc2ccccc2)cnc2ccccc12. The summed E-state index contributed by atoms with van der Waals surface area (Å²) in [5, 5.41) is 1.80. The molecule has 0 fully saturated rings. The van der Waals surface area contributed by atoms with Crippen LogP contribution in [0.1, 0.15) is 0 Å². The van der Waals surface area contributed by atoms with Crippen molar-refractivity contribution in [3.8, 4) is 11.5 Å². The second kappa shape index (κ2) is 8.49. The molecule has 0 aliphatic rings. The van der Waals surface area contributed by atoms with E-state index in [1.165, 1.54) is 0 Å². The van der Waals surface area contributed by atoms with Gasteiger partial charge in [-0.15, -0.1) is 11.8 Å². The molecule has 5 rings (SSSR count). The Morgan fingerprint density at radius 3 is 2.03 bits per heavy atom. The Labute approximate surface area is 186 Å². The summed E-state index contributed by atoms with van der Waals surface area (Å²) >= 11 is 1.57. The lowest BCUT2D eigenvalue weighted by Crippen LogP contribution is -2.01. The van der Waals surface area contributed by atoms with Crippen LogP contribution in [-0.2, 0) is 10.8 Å². The number of hydrogen-bond acceptors (Lipinski definition) is 5. The summed E-state index contributed by atoms with van der Waals surface area (Å²) in [5.74, 6) is 1.23. The molecule has 31 heavy (non-hydrogen) atoms. The average Bonchev–Trinajstić information content (AvgIpc) is 2.83. The number of para-hydroxylation sites is 3. The van der Waals surface area contributed by atoms with Crippen molar-refractivity contribution >= 4 is 44.4 Å². The van der Waals surface area contributed by atoms with Gasteiger partial charge in [0.25, 0.3) is 0 Å². The van der Waals surface area contributed by atoms with E-state index in [2.05, 4.69) is 9.97 Å². The standard InChI is InChI=1S/C25H18N2O2S2/c1-30-25-19-12-6-8-14-21(19)27-16-23(25)31(28)22-15-26-20-13-7-5-11-18(20)24(22)29-17-9-3-2-4-10-17/h2-16H,1H3. The van der Waals surface area contributed by atoms with Gasteiger partial charge in [-0.25, -0.2) is 4.21 Å². The van der Waals surface area contributed by atoms with Crippen molar-refractivity contribution in [2.45, 2.75) is 14.7 Å². The van der Waals surface area contributed by atoms with Crippen LogP contribution in [0.2, 0.25) is 0 Å². The number of hydrogen-bond donors (Lipinski definition) is 0.